The van der Waals surface area contributed by atoms with Crippen molar-refractivity contribution in [3.8, 4) is 0 Å². The normalized spacial score (nSPS) is 11.5. The number of amides is 1. The fourth-order valence-corrected chi connectivity index (χ4v) is 2.03. The van der Waals surface area contributed by atoms with Crippen molar-refractivity contribution in [3.05, 3.63) is 34.8 Å². The number of aromatic nitrogens is 1. The van der Waals surface area contributed by atoms with Gasteiger partial charge >= 0.3 is 6.09 Å². The number of carbonyl (C=O) groups is 2. The molecule has 8 heteroatoms. The number of likely N-dealkylation sites (N-methyl/N-ethyl adjacent to an activating group) is 1. The third kappa shape index (κ3) is 4.95. The van der Waals surface area contributed by atoms with Crippen LogP contribution < -0.4 is 11.6 Å². The molecule has 0 aliphatic rings. The first-order valence-corrected chi connectivity index (χ1v) is 7.59. The Balaban J connectivity index is 3.00. The SMILES string of the molecule is CCCN(C)C(=O)OC/C(=C(/N)c1ccc(C=O)c(C)n1)N(C)N. The highest BCUT2D eigenvalue weighted by molar-refractivity contribution is 5.77. The molecule has 0 atom stereocenters. The van der Waals surface area contributed by atoms with Gasteiger partial charge in [0, 0.05) is 31.9 Å². The first kappa shape index (κ1) is 19.4. The maximum Gasteiger partial charge on any atom is 0.409 e. The van der Waals surface area contributed by atoms with Crippen LogP contribution in [-0.2, 0) is 4.74 Å². The summed E-state index contributed by atoms with van der Waals surface area (Å²) in [6.07, 6.45) is 1.11. The Morgan fingerprint density at radius 2 is 2.04 bits per heavy atom. The molecule has 24 heavy (non-hydrogen) atoms. The van der Waals surface area contributed by atoms with Gasteiger partial charge in [-0.05, 0) is 25.5 Å². The van der Waals surface area contributed by atoms with Crippen molar-refractivity contribution < 1.29 is 14.3 Å². The molecule has 0 aromatic carbocycles. The summed E-state index contributed by atoms with van der Waals surface area (Å²) in [6.45, 7) is 4.20. The average Bonchev–Trinajstić information content (AvgIpc) is 2.54. The van der Waals surface area contributed by atoms with Crippen LogP contribution in [0.5, 0.6) is 0 Å². The summed E-state index contributed by atoms with van der Waals surface area (Å²) in [5, 5.41) is 1.28. The number of ether oxygens (including phenoxy) is 1. The van der Waals surface area contributed by atoms with E-state index in [1.165, 1.54) is 9.91 Å². The van der Waals surface area contributed by atoms with Crippen LogP contribution >= 0.6 is 0 Å². The molecule has 0 spiro atoms. The van der Waals surface area contributed by atoms with E-state index >= 15 is 0 Å². The molecule has 0 saturated heterocycles. The zero-order valence-corrected chi connectivity index (χ0v) is 14.6. The molecule has 4 N–H and O–H groups in total. The number of aldehydes is 1. The van der Waals surface area contributed by atoms with Gasteiger partial charge in [-0.15, -0.1) is 0 Å². The van der Waals surface area contributed by atoms with Gasteiger partial charge in [-0.25, -0.2) is 10.6 Å². The number of hydrogen-bond donors (Lipinski definition) is 2. The van der Waals surface area contributed by atoms with Gasteiger partial charge in [-0.3, -0.25) is 9.78 Å². The molecule has 0 unspecified atom stereocenters. The molecular weight excluding hydrogens is 310 g/mol. The number of rotatable bonds is 7. The van der Waals surface area contributed by atoms with Crippen LogP contribution in [0.2, 0.25) is 0 Å². The van der Waals surface area contributed by atoms with E-state index in [1.807, 2.05) is 6.92 Å². The Morgan fingerprint density at radius 1 is 1.38 bits per heavy atom. The van der Waals surface area contributed by atoms with Crippen molar-refractivity contribution in [1.29, 1.82) is 0 Å². The van der Waals surface area contributed by atoms with Crippen LogP contribution in [0.15, 0.2) is 17.8 Å². The van der Waals surface area contributed by atoms with Gasteiger partial charge in [-0.1, -0.05) is 6.92 Å². The predicted molar refractivity (Wildman–Crippen MR) is 91.7 cm³/mol. The minimum Gasteiger partial charge on any atom is -0.443 e. The highest BCUT2D eigenvalue weighted by atomic mass is 16.6. The quantitative estimate of drug-likeness (QED) is 0.436. The second-order valence-electron chi connectivity index (χ2n) is 5.44. The molecule has 0 aliphatic carbocycles. The zero-order chi connectivity index (χ0) is 18.3. The Kier molecular flexibility index (Phi) is 7.19. The van der Waals surface area contributed by atoms with Crippen molar-refractivity contribution in [2.75, 3.05) is 27.2 Å². The lowest BCUT2D eigenvalue weighted by Crippen LogP contribution is -2.34. The van der Waals surface area contributed by atoms with Gasteiger partial charge in [0.05, 0.1) is 17.1 Å². The van der Waals surface area contributed by atoms with Crippen LogP contribution in [0.4, 0.5) is 4.79 Å². The van der Waals surface area contributed by atoms with Gasteiger partial charge in [0.2, 0.25) is 0 Å². The topological polar surface area (TPSA) is 115 Å². The summed E-state index contributed by atoms with van der Waals surface area (Å²) < 4.78 is 5.24. The molecule has 1 aromatic heterocycles. The van der Waals surface area contributed by atoms with Crippen LogP contribution in [0.3, 0.4) is 0 Å². The molecule has 1 amide bonds. The lowest BCUT2D eigenvalue weighted by molar-refractivity contribution is 0.111. The molecule has 1 rings (SSSR count). The van der Waals surface area contributed by atoms with E-state index in [2.05, 4.69) is 4.98 Å². The Bertz CT molecular complexity index is 628. The lowest BCUT2D eigenvalue weighted by atomic mass is 10.1. The largest absolute Gasteiger partial charge is 0.443 e. The van der Waals surface area contributed by atoms with E-state index in [1.54, 1.807) is 33.2 Å². The Morgan fingerprint density at radius 3 is 2.54 bits per heavy atom. The number of nitrogens with two attached hydrogens (primary N) is 2. The molecule has 1 heterocycles. The average molecular weight is 335 g/mol. The van der Waals surface area contributed by atoms with Gasteiger partial charge in [0.25, 0.3) is 0 Å². The Labute approximate surface area is 142 Å². The van der Waals surface area contributed by atoms with E-state index in [0.29, 0.717) is 29.2 Å². The van der Waals surface area contributed by atoms with Crippen molar-refractivity contribution in [1.82, 2.24) is 14.9 Å². The third-order valence-corrected chi connectivity index (χ3v) is 3.47. The maximum atomic E-state index is 11.9. The van der Waals surface area contributed by atoms with Crippen LogP contribution in [0.1, 0.15) is 35.1 Å². The highest BCUT2D eigenvalue weighted by Gasteiger charge is 2.15. The van der Waals surface area contributed by atoms with E-state index in [-0.39, 0.29) is 12.3 Å². The summed E-state index contributed by atoms with van der Waals surface area (Å²) in [4.78, 5) is 28.5. The number of hydrazine groups is 1. The minimum atomic E-state index is -0.454. The molecule has 0 bridgehead atoms. The number of carbonyl (C=O) groups excluding carboxylic acids is 2. The van der Waals surface area contributed by atoms with E-state index in [9.17, 15) is 9.59 Å². The van der Waals surface area contributed by atoms with Crippen molar-refractivity contribution in [3.63, 3.8) is 0 Å². The number of nitrogens with zero attached hydrogens (tertiary/aromatic N) is 3. The fraction of sp³-hybridized carbons (Fsp3) is 0.438. The fourth-order valence-electron chi connectivity index (χ4n) is 2.03. The summed E-state index contributed by atoms with van der Waals surface area (Å²) in [6, 6.07) is 3.26. The van der Waals surface area contributed by atoms with Crippen molar-refractivity contribution in [2.45, 2.75) is 20.3 Å². The monoisotopic (exact) mass is 335 g/mol. The number of hydrogen-bond acceptors (Lipinski definition) is 7. The second kappa shape index (κ2) is 8.88. The predicted octanol–water partition coefficient (Wildman–Crippen LogP) is 1.11. The minimum absolute atomic E-state index is 0.0815. The van der Waals surface area contributed by atoms with Crippen LogP contribution in [0, 0.1) is 6.92 Å². The van der Waals surface area contributed by atoms with Crippen LogP contribution in [-0.4, -0.2) is 54.5 Å². The molecule has 8 nitrogen and oxygen atoms in total. The second-order valence-corrected chi connectivity index (χ2v) is 5.44. The van der Waals surface area contributed by atoms with Gasteiger partial charge in [-0.2, -0.15) is 0 Å². The molecular formula is C16H25N5O3. The molecule has 1 aromatic rings. The van der Waals surface area contributed by atoms with Gasteiger partial charge < -0.3 is 20.4 Å². The van der Waals surface area contributed by atoms with Crippen LogP contribution in [0.25, 0.3) is 5.70 Å². The first-order valence-electron chi connectivity index (χ1n) is 7.59. The molecule has 0 fully saturated rings. The summed E-state index contributed by atoms with van der Waals surface area (Å²) in [5.74, 6) is 5.80. The number of aryl methyl sites for hydroxylation is 1. The van der Waals surface area contributed by atoms with Gasteiger partial charge in [0.15, 0.2) is 6.29 Å². The zero-order valence-electron chi connectivity index (χ0n) is 14.6. The molecule has 0 saturated carbocycles. The smallest absolute Gasteiger partial charge is 0.409 e. The summed E-state index contributed by atoms with van der Waals surface area (Å²) in [7, 11) is 3.26. The van der Waals surface area contributed by atoms with E-state index in [0.717, 1.165) is 12.7 Å². The van der Waals surface area contributed by atoms with E-state index in [4.69, 9.17) is 16.3 Å². The molecule has 132 valence electrons. The Hall–Kier alpha value is -2.61. The van der Waals surface area contributed by atoms with Gasteiger partial charge in [0.1, 0.15) is 6.61 Å². The third-order valence-electron chi connectivity index (χ3n) is 3.47. The summed E-state index contributed by atoms with van der Waals surface area (Å²) in [5.41, 5.74) is 8.33. The highest BCUT2D eigenvalue weighted by Crippen LogP contribution is 2.15. The lowest BCUT2D eigenvalue weighted by Gasteiger charge is -2.21. The van der Waals surface area contributed by atoms with E-state index < -0.39 is 6.09 Å². The molecule has 0 aliphatic heterocycles. The van der Waals surface area contributed by atoms with Crippen molar-refractivity contribution >= 4 is 18.1 Å². The number of pyridine rings is 1. The maximum absolute atomic E-state index is 11.9. The molecule has 0 radical (unpaired) electrons. The van der Waals surface area contributed by atoms with Crippen molar-refractivity contribution in [2.24, 2.45) is 11.6 Å². The standard InChI is InChI=1S/C16H25N5O3/c1-5-8-20(3)16(23)24-10-14(21(4)18)15(17)13-7-6-12(9-22)11(2)19-13/h6-7,9H,5,8,10,17-18H2,1-4H3/b15-14-. The summed E-state index contributed by atoms with van der Waals surface area (Å²) >= 11 is 0. The first-order chi connectivity index (χ1) is 11.3.